The second-order valence-electron chi connectivity index (χ2n) is 6.84. The summed E-state index contributed by atoms with van der Waals surface area (Å²) >= 11 is 0. The smallest absolute Gasteiger partial charge is 0.249 e. The lowest BCUT2D eigenvalue weighted by Gasteiger charge is -2.37. The van der Waals surface area contributed by atoms with Crippen LogP contribution >= 0.6 is 0 Å². The van der Waals surface area contributed by atoms with Crippen molar-refractivity contribution in [1.82, 2.24) is 15.1 Å². The van der Waals surface area contributed by atoms with Gasteiger partial charge in [0.15, 0.2) is 0 Å². The normalized spacial score (nSPS) is 17.9. The first-order chi connectivity index (χ1) is 12.0. The molecular formula is C19H24N4O2. The van der Waals surface area contributed by atoms with Gasteiger partial charge in [0.2, 0.25) is 11.8 Å². The van der Waals surface area contributed by atoms with Gasteiger partial charge in [-0.25, -0.2) is 0 Å². The Morgan fingerprint density at radius 2 is 2.00 bits per heavy atom. The number of rotatable bonds is 4. The first-order valence-corrected chi connectivity index (χ1v) is 8.63. The number of anilines is 1. The quantitative estimate of drug-likeness (QED) is 0.927. The second-order valence-corrected chi connectivity index (χ2v) is 6.84. The zero-order chi connectivity index (χ0) is 18.0. The fourth-order valence-electron chi connectivity index (χ4n) is 3.36. The maximum Gasteiger partial charge on any atom is 0.249 e. The summed E-state index contributed by atoms with van der Waals surface area (Å²) in [7, 11) is 0. The summed E-state index contributed by atoms with van der Waals surface area (Å²) in [5.74, 6) is -0.260. The third-order valence-electron chi connectivity index (χ3n) is 4.59. The van der Waals surface area contributed by atoms with E-state index in [1.165, 1.54) is 6.92 Å². The molecule has 0 radical (unpaired) electrons. The summed E-state index contributed by atoms with van der Waals surface area (Å²) < 4.78 is 1.90. The molecule has 6 nitrogen and oxygen atoms in total. The Morgan fingerprint density at radius 3 is 2.64 bits per heavy atom. The van der Waals surface area contributed by atoms with Crippen LogP contribution in [0.3, 0.4) is 0 Å². The number of fused-ring (bicyclic) bond motifs is 1. The van der Waals surface area contributed by atoms with Crippen LogP contribution in [-0.4, -0.2) is 34.2 Å². The predicted molar refractivity (Wildman–Crippen MR) is 96.2 cm³/mol. The van der Waals surface area contributed by atoms with E-state index in [1.807, 2.05) is 55.1 Å². The number of hydrogen-bond acceptors (Lipinski definition) is 3. The van der Waals surface area contributed by atoms with Gasteiger partial charge in [-0.05, 0) is 30.0 Å². The molecule has 132 valence electrons. The van der Waals surface area contributed by atoms with E-state index in [0.29, 0.717) is 6.54 Å². The van der Waals surface area contributed by atoms with E-state index in [2.05, 4.69) is 10.4 Å². The topological polar surface area (TPSA) is 67.2 Å². The fourth-order valence-corrected chi connectivity index (χ4v) is 3.36. The predicted octanol–water partition coefficient (Wildman–Crippen LogP) is 2.17. The van der Waals surface area contributed by atoms with E-state index in [9.17, 15) is 9.59 Å². The van der Waals surface area contributed by atoms with Gasteiger partial charge in [0.05, 0.1) is 6.04 Å². The molecule has 0 unspecified atom stereocenters. The number of para-hydroxylation sites is 1. The minimum atomic E-state index is -0.540. The molecule has 1 N–H and O–H groups in total. The Bertz CT molecular complexity index is 755. The highest BCUT2D eigenvalue weighted by molar-refractivity contribution is 6.00. The van der Waals surface area contributed by atoms with Crippen LogP contribution in [0.5, 0.6) is 0 Å². The Hall–Kier alpha value is -2.63. The minimum Gasteiger partial charge on any atom is -0.344 e. The molecule has 0 spiro atoms. The largest absolute Gasteiger partial charge is 0.344 e. The van der Waals surface area contributed by atoms with Crippen molar-refractivity contribution in [1.29, 1.82) is 0 Å². The Morgan fingerprint density at radius 1 is 1.24 bits per heavy atom. The van der Waals surface area contributed by atoms with Gasteiger partial charge in [-0.3, -0.25) is 14.3 Å². The first-order valence-electron chi connectivity index (χ1n) is 8.63. The molecule has 2 aromatic rings. The van der Waals surface area contributed by atoms with Crippen molar-refractivity contribution in [2.75, 3.05) is 11.4 Å². The van der Waals surface area contributed by atoms with Crippen LogP contribution in [-0.2, 0) is 16.0 Å². The van der Waals surface area contributed by atoms with Crippen molar-refractivity contribution in [3.8, 4) is 0 Å². The third kappa shape index (κ3) is 3.57. The van der Waals surface area contributed by atoms with Crippen molar-refractivity contribution in [3.05, 3.63) is 48.3 Å². The van der Waals surface area contributed by atoms with E-state index in [0.717, 1.165) is 17.7 Å². The average molecular weight is 340 g/mol. The molecule has 1 aliphatic rings. The number of benzene rings is 1. The van der Waals surface area contributed by atoms with Crippen molar-refractivity contribution in [3.63, 3.8) is 0 Å². The van der Waals surface area contributed by atoms with E-state index in [4.69, 9.17) is 0 Å². The average Bonchev–Trinajstić information content (AvgIpc) is 3.12. The van der Waals surface area contributed by atoms with Crippen LogP contribution in [0, 0.1) is 5.92 Å². The van der Waals surface area contributed by atoms with Crippen molar-refractivity contribution < 1.29 is 9.59 Å². The molecule has 3 rings (SSSR count). The summed E-state index contributed by atoms with van der Waals surface area (Å²) in [6, 6.07) is 9.38. The van der Waals surface area contributed by atoms with Gasteiger partial charge >= 0.3 is 0 Å². The van der Waals surface area contributed by atoms with Crippen LogP contribution in [0.1, 0.15) is 32.4 Å². The zero-order valence-corrected chi connectivity index (χ0v) is 14.8. The van der Waals surface area contributed by atoms with E-state index in [-0.39, 0.29) is 23.8 Å². The van der Waals surface area contributed by atoms with Gasteiger partial charge in [0.1, 0.15) is 6.04 Å². The maximum absolute atomic E-state index is 13.2. The van der Waals surface area contributed by atoms with Gasteiger partial charge in [-0.1, -0.05) is 32.0 Å². The SMILES string of the molecule is CC(=O)N[C@@H](C(=O)N1C[C@H](n2cccn2)Cc2ccccc21)C(C)C. The molecule has 1 aliphatic heterocycles. The lowest BCUT2D eigenvalue weighted by Crippen LogP contribution is -2.53. The molecule has 25 heavy (non-hydrogen) atoms. The highest BCUT2D eigenvalue weighted by atomic mass is 16.2. The van der Waals surface area contributed by atoms with Crippen molar-refractivity contribution in [2.24, 2.45) is 5.92 Å². The van der Waals surface area contributed by atoms with Gasteiger partial charge in [0.25, 0.3) is 0 Å². The van der Waals surface area contributed by atoms with Gasteiger partial charge < -0.3 is 10.2 Å². The van der Waals surface area contributed by atoms with Crippen molar-refractivity contribution in [2.45, 2.75) is 39.3 Å². The number of nitrogens with zero attached hydrogens (tertiary/aromatic N) is 3. The lowest BCUT2D eigenvalue weighted by molar-refractivity contribution is -0.127. The number of carbonyl (C=O) groups is 2. The maximum atomic E-state index is 13.2. The van der Waals surface area contributed by atoms with Gasteiger partial charge in [0, 0.05) is 31.5 Å². The molecule has 2 amide bonds. The molecule has 2 heterocycles. The van der Waals surface area contributed by atoms with Gasteiger partial charge in [-0.15, -0.1) is 0 Å². The van der Waals surface area contributed by atoms with E-state index in [1.54, 1.807) is 11.1 Å². The van der Waals surface area contributed by atoms with Crippen LogP contribution in [0.4, 0.5) is 5.69 Å². The molecule has 6 heteroatoms. The molecular weight excluding hydrogens is 316 g/mol. The first kappa shape index (κ1) is 17.2. The Labute approximate surface area is 147 Å². The number of nitrogens with one attached hydrogen (secondary N) is 1. The molecule has 1 aromatic heterocycles. The monoisotopic (exact) mass is 340 g/mol. The number of carbonyl (C=O) groups excluding carboxylic acids is 2. The summed E-state index contributed by atoms with van der Waals surface area (Å²) in [5, 5.41) is 7.15. The third-order valence-corrected chi connectivity index (χ3v) is 4.59. The molecule has 0 bridgehead atoms. The van der Waals surface area contributed by atoms with Crippen LogP contribution in [0.25, 0.3) is 0 Å². The number of hydrogen-bond donors (Lipinski definition) is 1. The zero-order valence-electron chi connectivity index (χ0n) is 14.8. The minimum absolute atomic E-state index is 0.00800. The summed E-state index contributed by atoms with van der Waals surface area (Å²) in [4.78, 5) is 26.6. The molecule has 1 aromatic carbocycles. The second kappa shape index (κ2) is 7.09. The van der Waals surface area contributed by atoms with Crippen LogP contribution in [0.15, 0.2) is 42.7 Å². The summed E-state index contributed by atoms with van der Waals surface area (Å²) in [5.41, 5.74) is 2.04. The number of amides is 2. The Balaban J connectivity index is 1.95. The number of aromatic nitrogens is 2. The molecule has 0 saturated heterocycles. The van der Waals surface area contributed by atoms with Crippen molar-refractivity contribution >= 4 is 17.5 Å². The molecule has 0 aliphatic carbocycles. The summed E-state index contributed by atoms with van der Waals surface area (Å²) in [6.45, 7) is 5.87. The van der Waals surface area contributed by atoms with Gasteiger partial charge in [-0.2, -0.15) is 5.10 Å². The Kier molecular flexibility index (Phi) is 4.88. The lowest BCUT2D eigenvalue weighted by atomic mass is 9.95. The molecule has 0 saturated carbocycles. The fraction of sp³-hybridized carbons (Fsp3) is 0.421. The van der Waals surface area contributed by atoms with E-state index >= 15 is 0 Å². The molecule has 2 atom stereocenters. The van der Waals surface area contributed by atoms with Crippen LogP contribution in [0.2, 0.25) is 0 Å². The highest BCUT2D eigenvalue weighted by Crippen LogP contribution is 2.32. The summed E-state index contributed by atoms with van der Waals surface area (Å²) in [6.07, 6.45) is 4.50. The van der Waals surface area contributed by atoms with E-state index < -0.39 is 6.04 Å². The standard InChI is InChI=1S/C19H24N4O2/c1-13(2)18(21-14(3)24)19(25)22-12-16(23-10-6-9-20-23)11-15-7-4-5-8-17(15)22/h4-10,13,16,18H,11-12H2,1-3H3,(H,21,24)/t16-,18-/m1/s1. The highest BCUT2D eigenvalue weighted by Gasteiger charge is 2.34. The molecule has 0 fully saturated rings. The van der Waals surface area contributed by atoms with Crippen LogP contribution < -0.4 is 10.2 Å².